The highest BCUT2D eigenvalue weighted by Crippen LogP contribution is 2.19. The third-order valence-electron chi connectivity index (χ3n) is 1.86. The van der Waals surface area contributed by atoms with E-state index in [2.05, 4.69) is 20.3 Å². The summed E-state index contributed by atoms with van der Waals surface area (Å²) in [5.41, 5.74) is 0.212. The average Bonchev–Trinajstić information content (AvgIpc) is 2.30. The molecule has 0 aliphatic heterocycles. The van der Waals surface area contributed by atoms with Gasteiger partial charge in [0.05, 0.1) is 10.6 Å². The van der Waals surface area contributed by atoms with Crippen LogP contribution < -0.4 is 5.32 Å². The van der Waals surface area contributed by atoms with Crippen LogP contribution in [0.4, 0.5) is 5.95 Å². The lowest BCUT2D eigenvalue weighted by atomic mass is 10.3. The van der Waals surface area contributed by atoms with E-state index in [4.69, 9.17) is 23.2 Å². The summed E-state index contributed by atoms with van der Waals surface area (Å²) in [4.78, 5) is 23.3. The first-order valence-corrected chi connectivity index (χ1v) is 5.32. The van der Waals surface area contributed by atoms with Gasteiger partial charge in [-0.15, -0.1) is 0 Å². The summed E-state index contributed by atoms with van der Waals surface area (Å²) >= 11 is 11.5. The number of hydrogen-bond acceptors (Lipinski definition) is 4. The largest absolute Gasteiger partial charge is 0.290 e. The fourth-order valence-electron chi connectivity index (χ4n) is 1.11. The molecule has 2 aromatic rings. The molecule has 2 rings (SSSR count). The number of nitrogens with zero attached hydrogens (tertiary/aromatic N) is 3. The van der Waals surface area contributed by atoms with Gasteiger partial charge in [-0.2, -0.15) is 0 Å². The second-order valence-electron chi connectivity index (χ2n) is 3.01. The van der Waals surface area contributed by atoms with E-state index in [-0.39, 0.29) is 21.7 Å². The Morgan fingerprint density at radius 1 is 1.18 bits per heavy atom. The molecule has 0 fully saturated rings. The van der Waals surface area contributed by atoms with Crippen molar-refractivity contribution in [1.29, 1.82) is 0 Å². The maximum absolute atomic E-state index is 11.8. The van der Waals surface area contributed by atoms with E-state index in [0.717, 1.165) is 0 Å². The van der Waals surface area contributed by atoms with Crippen LogP contribution in [0.1, 0.15) is 10.4 Å². The average molecular weight is 269 g/mol. The first kappa shape index (κ1) is 11.8. The smallest absolute Gasteiger partial charge is 0.261 e. The Morgan fingerprint density at radius 2 is 1.88 bits per heavy atom. The second-order valence-corrected chi connectivity index (χ2v) is 3.81. The van der Waals surface area contributed by atoms with Gasteiger partial charge in [-0.3, -0.25) is 10.1 Å². The normalized spacial score (nSPS) is 10.0. The zero-order chi connectivity index (χ0) is 12.3. The van der Waals surface area contributed by atoms with Gasteiger partial charge >= 0.3 is 0 Å². The summed E-state index contributed by atoms with van der Waals surface area (Å²) in [6.07, 6.45) is 4.33. The van der Waals surface area contributed by atoms with Crippen molar-refractivity contribution >= 4 is 35.1 Å². The number of pyridine rings is 1. The number of halogens is 2. The van der Waals surface area contributed by atoms with E-state index in [1.165, 1.54) is 24.7 Å². The van der Waals surface area contributed by atoms with Gasteiger partial charge < -0.3 is 0 Å². The highest BCUT2D eigenvalue weighted by atomic mass is 35.5. The Morgan fingerprint density at radius 3 is 2.53 bits per heavy atom. The molecule has 0 unspecified atom stereocenters. The lowest BCUT2D eigenvalue weighted by Crippen LogP contribution is -2.14. The third kappa shape index (κ3) is 2.89. The molecule has 0 atom stereocenters. The van der Waals surface area contributed by atoms with Gasteiger partial charge in [-0.05, 0) is 12.1 Å². The fourth-order valence-corrected chi connectivity index (χ4v) is 1.56. The molecule has 7 heteroatoms. The highest BCUT2D eigenvalue weighted by Gasteiger charge is 2.12. The van der Waals surface area contributed by atoms with Crippen molar-refractivity contribution in [3.8, 4) is 0 Å². The van der Waals surface area contributed by atoms with Crippen molar-refractivity contribution in [2.75, 3.05) is 5.32 Å². The summed E-state index contributed by atoms with van der Waals surface area (Å²) in [6, 6.07) is 3.04. The monoisotopic (exact) mass is 268 g/mol. The van der Waals surface area contributed by atoms with E-state index in [1.54, 1.807) is 6.07 Å². The van der Waals surface area contributed by atoms with Crippen molar-refractivity contribution in [2.45, 2.75) is 0 Å². The number of carbonyl (C=O) groups is 1. The first-order chi connectivity index (χ1) is 8.16. The van der Waals surface area contributed by atoms with E-state index < -0.39 is 5.91 Å². The van der Waals surface area contributed by atoms with Crippen molar-refractivity contribution in [3.63, 3.8) is 0 Å². The minimum atomic E-state index is -0.439. The summed E-state index contributed by atoms with van der Waals surface area (Å²) in [5.74, 6) is -0.242. The summed E-state index contributed by atoms with van der Waals surface area (Å²) < 4.78 is 0. The number of carbonyl (C=O) groups excluding carboxylic acids is 1. The van der Waals surface area contributed by atoms with Crippen molar-refractivity contribution in [2.24, 2.45) is 0 Å². The SMILES string of the molecule is O=C(Nc1ncccn1)c1cnc(Cl)cc1Cl. The molecule has 0 saturated carbocycles. The van der Waals surface area contributed by atoms with E-state index in [1.807, 2.05) is 0 Å². The van der Waals surface area contributed by atoms with Gasteiger partial charge in [-0.25, -0.2) is 15.0 Å². The molecule has 86 valence electrons. The zero-order valence-electron chi connectivity index (χ0n) is 8.39. The Bertz CT molecular complexity index is 547. The van der Waals surface area contributed by atoms with Crippen molar-refractivity contribution in [1.82, 2.24) is 15.0 Å². The molecular formula is C10H6Cl2N4O. The molecule has 0 saturated heterocycles. The topological polar surface area (TPSA) is 67.8 Å². The van der Waals surface area contributed by atoms with Gasteiger partial charge in [-0.1, -0.05) is 23.2 Å². The fraction of sp³-hybridized carbons (Fsp3) is 0. The number of nitrogens with one attached hydrogen (secondary N) is 1. The lowest BCUT2D eigenvalue weighted by Gasteiger charge is -2.04. The van der Waals surface area contributed by atoms with Gasteiger partial charge in [0, 0.05) is 18.6 Å². The van der Waals surface area contributed by atoms with Crippen molar-refractivity contribution < 1.29 is 4.79 Å². The molecule has 1 amide bonds. The molecule has 17 heavy (non-hydrogen) atoms. The Hall–Kier alpha value is -1.72. The summed E-state index contributed by atoms with van der Waals surface area (Å²) in [7, 11) is 0. The number of anilines is 1. The minimum Gasteiger partial charge on any atom is -0.290 e. The van der Waals surface area contributed by atoms with Crippen LogP contribution in [0.15, 0.2) is 30.7 Å². The van der Waals surface area contributed by atoms with Crippen LogP contribution in [0.25, 0.3) is 0 Å². The molecule has 0 aliphatic carbocycles. The van der Waals surface area contributed by atoms with Gasteiger partial charge in [0.1, 0.15) is 5.15 Å². The molecule has 0 aliphatic rings. The number of aromatic nitrogens is 3. The number of hydrogen-bond donors (Lipinski definition) is 1. The molecule has 1 N–H and O–H groups in total. The maximum atomic E-state index is 11.8. The molecule has 0 aromatic carbocycles. The van der Waals surface area contributed by atoms with E-state index in [9.17, 15) is 4.79 Å². The van der Waals surface area contributed by atoms with Gasteiger partial charge in [0.15, 0.2) is 0 Å². The van der Waals surface area contributed by atoms with Crippen LogP contribution >= 0.6 is 23.2 Å². The first-order valence-electron chi connectivity index (χ1n) is 4.56. The Balaban J connectivity index is 2.21. The van der Waals surface area contributed by atoms with Gasteiger partial charge in [0.25, 0.3) is 5.91 Å². The highest BCUT2D eigenvalue weighted by molar-refractivity contribution is 6.36. The second kappa shape index (κ2) is 5.07. The third-order valence-corrected chi connectivity index (χ3v) is 2.38. The zero-order valence-corrected chi connectivity index (χ0v) is 9.90. The predicted octanol–water partition coefficient (Wildman–Crippen LogP) is 2.43. The summed E-state index contributed by atoms with van der Waals surface area (Å²) in [6.45, 7) is 0. The van der Waals surface area contributed by atoms with Crippen LogP contribution in [-0.4, -0.2) is 20.9 Å². The Kier molecular flexibility index (Phi) is 3.51. The van der Waals surface area contributed by atoms with Crippen LogP contribution in [0.2, 0.25) is 10.2 Å². The standard InChI is InChI=1S/C10H6Cl2N4O/c11-7-4-8(12)15-5-6(7)9(17)16-10-13-2-1-3-14-10/h1-5H,(H,13,14,16,17). The van der Waals surface area contributed by atoms with E-state index in [0.29, 0.717) is 0 Å². The molecule has 2 aromatic heterocycles. The molecule has 2 heterocycles. The molecular weight excluding hydrogens is 263 g/mol. The van der Waals surface area contributed by atoms with Crippen LogP contribution in [0.5, 0.6) is 0 Å². The van der Waals surface area contributed by atoms with E-state index >= 15 is 0 Å². The number of amides is 1. The minimum absolute atomic E-state index is 0.198. The molecule has 0 bridgehead atoms. The number of rotatable bonds is 2. The molecule has 0 spiro atoms. The van der Waals surface area contributed by atoms with Crippen LogP contribution in [-0.2, 0) is 0 Å². The van der Waals surface area contributed by atoms with Gasteiger partial charge in [0.2, 0.25) is 5.95 Å². The summed E-state index contributed by atoms with van der Waals surface area (Å²) in [5, 5.41) is 2.94. The molecule has 0 radical (unpaired) electrons. The van der Waals surface area contributed by atoms with Crippen LogP contribution in [0.3, 0.4) is 0 Å². The van der Waals surface area contributed by atoms with Crippen LogP contribution in [0, 0.1) is 0 Å². The lowest BCUT2D eigenvalue weighted by molar-refractivity contribution is 0.102. The maximum Gasteiger partial charge on any atom is 0.261 e. The Labute approximate surface area is 107 Å². The quantitative estimate of drug-likeness (QED) is 0.850. The predicted molar refractivity (Wildman–Crippen MR) is 64.2 cm³/mol. The molecule has 5 nitrogen and oxygen atoms in total. The van der Waals surface area contributed by atoms with Crippen molar-refractivity contribution in [3.05, 3.63) is 46.5 Å².